The fourth-order valence-corrected chi connectivity index (χ4v) is 4.07. The molecule has 21 heavy (non-hydrogen) atoms. The Morgan fingerprint density at radius 2 is 2.14 bits per heavy atom. The molecule has 1 saturated carbocycles. The molecule has 1 amide bonds. The molecule has 1 aliphatic heterocycles. The zero-order valence-electron chi connectivity index (χ0n) is 13.1. The molecule has 3 atom stereocenters. The summed E-state index contributed by atoms with van der Waals surface area (Å²) in [6.45, 7) is 5.92. The number of nitrogens with two attached hydrogens (primary N) is 1. The van der Waals surface area contributed by atoms with Crippen LogP contribution in [0.4, 0.5) is 5.69 Å². The highest BCUT2D eigenvalue weighted by molar-refractivity contribution is 5.97. The Balaban J connectivity index is 1.84. The molecule has 116 valence electrons. The van der Waals surface area contributed by atoms with Gasteiger partial charge in [0.15, 0.2) is 5.69 Å². The molecule has 2 aliphatic rings. The van der Waals surface area contributed by atoms with Crippen LogP contribution < -0.4 is 5.73 Å². The minimum Gasteiger partial charge on any atom is -0.396 e. The zero-order valence-corrected chi connectivity index (χ0v) is 13.1. The van der Waals surface area contributed by atoms with Gasteiger partial charge in [0.05, 0.1) is 5.69 Å². The summed E-state index contributed by atoms with van der Waals surface area (Å²) >= 11 is 0. The largest absolute Gasteiger partial charge is 0.396 e. The molecule has 2 heterocycles. The fourth-order valence-electron chi connectivity index (χ4n) is 4.07. The molecule has 3 unspecified atom stereocenters. The molecule has 1 saturated heterocycles. The van der Waals surface area contributed by atoms with E-state index in [2.05, 4.69) is 16.9 Å². The number of aromatic nitrogens is 2. The lowest BCUT2D eigenvalue weighted by Gasteiger charge is -2.47. The predicted molar refractivity (Wildman–Crippen MR) is 82.9 cm³/mol. The van der Waals surface area contributed by atoms with E-state index < -0.39 is 0 Å². The van der Waals surface area contributed by atoms with Crippen LogP contribution in [-0.2, 0) is 6.54 Å². The first-order chi connectivity index (χ1) is 10.1. The second kappa shape index (κ2) is 5.70. The third-order valence-electron chi connectivity index (χ3n) is 5.32. The monoisotopic (exact) mass is 290 g/mol. The summed E-state index contributed by atoms with van der Waals surface area (Å²) in [6.07, 6.45) is 7.79. The van der Waals surface area contributed by atoms with Gasteiger partial charge < -0.3 is 10.6 Å². The first kappa shape index (κ1) is 14.4. The zero-order chi connectivity index (χ0) is 15.0. The molecule has 1 aromatic heterocycles. The second-order valence-electron chi connectivity index (χ2n) is 6.57. The van der Waals surface area contributed by atoms with Crippen molar-refractivity contribution in [1.82, 2.24) is 14.7 Å². The van der Waals surface area contributed by atoms with Crippen molar-refractivity contribution in [2.75, 3.05) is 12.3 Å². The summed E-state index contributed by atoms with van der Waals surface area (Å²) < 4.78 is 1.74. The van der Waals surface area contributed by atoms with Crippen LogP contribution in [-0.4, -0.2) is 33.2 Å². The number of rotatable bonds is 2. The summed E-state index contributed by atoms with van der Waals surface area (Å²) in [5, 5.41) is 4.36. The third-order valence-corrected chi connectivity index (χ3v) is 5.32. The number of fused-ring (bicyclic) bond motifs is 1. The summed E-state index contributed by atoms with van der Waals surface area (Å²) in [5.41, 5.74) is 6.94. The van der Waals surface area contributed by atoms with Crippen LogP contribution in [0.1, 0.15) is 56.4 Å². The van der Waals surface area contributed by atoms with E-state index in [1.54, 1.807) is 10.9 Å². The topological polar surface area (TPSA) is 64.2 Å². The molecule has 1 aromatic rings. The molecule has 1 aliphatic carbocycles. The van der Waals surface area contributed by atoms with E-state index in [-0.39, 0.29) is 5.91 Å². The lowest BCUT2D eigenvalue weighted by Crippen LogP contribution is -2.52. The van der Waals surface area contributed by atoms with E-state index >= 15 is 0 Å². The SMILES string of the molecule is CCn1cc(N)c(C(=O)N2CCC(C)C3CCCCC32)n1. The van der Waals surface area contributed by atoms with E-state index in [4.69, 9.17) is 5.73 Å². The van der Waals surface area contributed by atoms with Crippen LogP contribution in [0.2, 0.25) is 0 Å². The number of carbonyl (C=O) groups excluding carboxylic acids is 1. The Kier molecular flexibility index (Phi) is 3.91. The molecule has 3 rings (SSSR count). The molecule has 2 N–H and O–H groups in total. The van der Waals surface area contributed by atoms with Crippen molar-refractivity contribution in [1.29, 1.82) is 0 Å². The Labute approximate surface area is 126 Å². The Morgan fingerprint density at radius 3 is 2.86 bits per heavy atom. The van der Waals surface area contributed by atoms with Crippen molar-refractivity contribution < 1.29 is 4.79 Å². The van der Waals surface area contributed by atoms with Crippen LogP contribution >= 0.6 is 0 Å². The van der Waals surface area contributed by atoms with Crippen molar-refractivity contribution in [3.8, 4) is 0 Å². The number of aryl methyl sites for hydroxylation is 1. The van der Waals surface area contributed by atoms with Crippen LogP contribution in [0.3, 0.4) is 0 Å². The van der Waals surface area contributed by atoms with Gasteiger partial charge in [-0.1, -0.05) is 19.8 Å². The van der Waals surface area contributed by atoms with Gasteiger partial charge >= 0.3 is 0 Å². The number of nitrogens with zero attached hydrogens (tertiary/aromatic N) is 3. The number of hydrogen-bond donors (Lipinski definition) is 1. The summed E-state index contributed by atoms with van der Waals surface area (Å²) in [7, 11) is 0. The van der Waals surface area contributed by atoms with Crippen molar-refractivity contribution in [3.63, 3.8) is 0 Å². The van der Waals surface area contributed by atoms with Gasteiger partial charge in [0.25, 0.3) is 5.91 Å². The van der Waals surface area contributed by atoms with Gasteiger partial charge in [0, 0.05) is 25.3 Å². The smallest absolute Gasteiger partial charge is 0.276 e. The van der Waals surface area contributed by atoms with Gasteiger partial charge in [-0.2, -0.15) is 5.10 Å². The van der Waals surface area contributed by atoms with Gasteiger partial charge in [0.1, 0.15) is 0 Å². The number of carbonyl (C=O) groups is 1. The minimum absolute atomic E-state index is 0.0310. The molecule has 0 spiro atoms. The van der Waals surface area contributed by atoms with Crippen molar-refractivity contribution in [3.05, 3.63) is 11.9 Å². The molecule has 5 heteroatoms. The molecule has 0 bridgehead atoms. The van der Waals surface area contributed by atoms with Crippen molar-refractivity contribution in [2.24, 2.45) is 11.8 Å². The van der Waals surface area contributed by atoms with Crippen LogP contribution in [0.15, 0.2) is 6.20 Å². The van der Waals surface area contributed by atoms with Gasteiger partial charge in [0.2, 0.25) is 0 Å². The fraction of sp³-hybridized carbons (Fsp3) is 0.750. The Morgan fingerprint density at radius 1 is 1.38 bits per heavy atom. The number of amides is 1. The van der Waals surface area contributed by atoms with Gasteiger partial charge in [-0.25, -0.2) is 0 Å². The van der Waals surface area contributed by atoms with Gasteiger partial charge in [-0.05, 0) is 38.0 Å². The van der Waals surface area contributed by atoms with E-state index in [1.807, 2.05) is 6.92 Å². The highest BCUT2D eigenvalue weighted by atomic mass is 16.2. The quantitative estimate of drug-likeness (QED) is 0.910. The first-order valence-electron chi connectivity index (χ1n) is 8.25. The highest BCUT2D eigenvalue weighted by Gasteiger charge is 2.40. The Hall–Kier alpha value is -1.52. The standard InChI is InChI=1S/C16H26N4O/c1-3-19-10-13(17)15(18-19)16(21)20-9-8-11(2)12-6-4-5-7-14(12)20/h10-12,14H,3-9,17H2,1-2H3. The van der Waals surface area contributed by atoms with Crippen LogP contribution in [0.25, 0.3) is 0 Å². The van der Waals surface area contributed by atoms with E-state index in [0.717, 1.165) is 31.8 Å². The molecular formula is C16H26N4O. The average Bonchev–Trinajstić information content (AvgIpc) is 2.88. The van der Waals surface area contributed by atoms with Crippen molar-refractivity contribution >= 4 is 11.6 Å². The highest BCUT2D eigenvalue weighted by Crippen LogP contribution is 2.39. The second-order valence-corrected chi connectivity index (χ2v) is 6.57. The van der Waals surface area contributed by atoms with Crippen molar-refractivity contribution in [2.45, 2.75) is 58.5 Å². The number of hydrogen-bond acceptors (Lipinski definition) is 3. The normalized spacial score (nSPS) is 29.2. The first-order valence-corrected chi connectivity index (χ1v) is 8.25. The molecule has 2 fully saturated rings. The van der Waals surface area contributed by atoms with E-state index in [9.17, 15) is 4.79 Å². The lowest BCUT2D eigenvalue weighted by molar-refractivity contribution is 0.0213. The predicted octanol–water partition coefficient (Wildman–Crippen LogP) is 2.53. The minimum atomic E-state index is 0.0310. The van der Waals surface area contributed by atoms with Crippen LogP contribution in [0, 0.1) is 11.8 Å². The summed E-state index contributed by atoms with van der Waals surface area (Å²) in [5.74, 6) is 1.42. The molecule has 5 nitrogen and oxygen atoms in total. The molecule has 0 aromatic carbocycles. The summed E-state index contributed by atoms with van der Waals surface area (Å²) in [4.78, 5) is 14.9. The molecular weight excluding hydrogens is 264 g/mol. The number of nitrogen functional groups attached to an aromatic ring is 1. The third kappa shape index (κ3) is 2.54. The number of piperidine rings is 1. The lowest BCUT2D eigenvalue weighted by atomic mass is 9.72. The van der Waals surface area contributed by atoms with E-state index in [0.29, 0.717) is 23.3 Å². The maximum Gasteiger partial charge on any atom is 0.276 e. The molecule has 0 radical (unpaired) electrons. The van der Waals surface area contributed by atoms with Crippen LogP contribution in [0.5, 0.6) is 0 Å². The van der Waals surface area contributed by atoms with Gasteiger partial charge in [-0.15, -0.1) is 0 Å². The van der Waals surface area contributed by atoms with Gasteiger partial charge in [-0.3, -0.25) is 9.48 Å². The number of anilines is 1. The summed E-state index contributed by atoms with van der Waals surface area (Å²) in [6, 6.07) is 0.390. The maximum absolute atomic E-state index is 12.9. The van der Waals surface area contributed by atoms with E-state index in [1.165, 1.54) is 19.3 Å². The Bertz CT molecular complexity index is 524. The average molecular weight is 290 g/mol. The maximum atomic E-state index is 12.9. The number of likely N-dealkylation sites (tertiary alicyclic amines) is 1.